The molecule has 7 heteroatoms. The first kappa shape index (κ1) is 16.8. The maximum absolute atomic E-state index is 9.81. The van der Waals surface area contributed by atoms with Gasteiger partial charge < -0.3 is 20.8 Å². The molecule has 2 aromatic rings. The molecule has 0 saturated heterocycles. The molecule has 0 saturated carbocycles. The normalized spacial score (nSPS) is 11.8. The van der Waals surface area contributed by atoms with Crippen molar-refractivity contribution >= 4 is 51.9 Å². The zero-order valence-electron chi connectivity index (χ0n) is 11.6. The molecule has 2 aromatic carbocycles. The van der Waals surface area contributed by atoms with E-state index in [0.29, 0.717) is 21.4 Å². The van der Waals surface area contributed by atoms with Crippen molar-refractivity contribution in [3.63, 3.8) is 0 Å². The van der Waals surface area contributed by atoms with E-state index in [-0.39, 0.29) is 10.8 Å². The van der Waals surface area contributed by atoms with Crippen LogP contribution in [-0.4, -0.2) is 15.3 Å². The Morgan fingerprint density at radius 2 is 1.68 bits per heavy atom. The summed E-state index contributed by atoms with van der Waals surface area (Å²) in [7, 11) is 0. The zero-order valence-corrected chi connectivity index (χ0v) is 13.9. The Morgan fingerprint density at radius 1 is 1.09 bits per heavy atom. The number of aliphatic hydroxyl groups excluding tert-OH is 1. The second-order valence-electron chi connectivity index (χ2n) is 4.66. The van der Waals surface area contributed by atoms with Crippen LogP contribution in [0.4, 0.5) is 11.4 Å². The average Bonchev–Trinajstić information content (AvgIpc) is 2.44. The summed E-state index contributed by atoms with van der Waals surface area (Å²) in [6.45, 7) is 1.54. The third-order valence-electron chi connectivity index (χ3n) is 2.90. The number of aromatic hydroxyl groups is 1. The van der Waals surface area contributed by atoms with Gasteiger partial charge in [0.05, 0.1) is 11.1 Å². The fourth-order valence-electron chi connectivity index (χ4n) is 1.84. The highest BCUT2D eigenvalue weighted by Gasteiger charge is 2.13. The molecule has 22 heavy (non-hydrogen) atoms. The van der Waals surface area contributed by atoms with Crippen molar-refractivity contribution in [2.24, 2.45) is 0 Å². The molecular weight excluding hydrogens is 343 g/mol. The second kappa shape index (κ2) is 7.15. The fraction of sp³-hybridized carbons (Fsp3) is 0.133. The molecule has 0 aliphatic rings. The summed E-state index contributed by atoms with van der Waals surface area (Å²) in [6, 6.07) is 10.2. The Kier molecular flexibility index (Phi) is 5.47. The molecule has 4 nitrogen and oxygen atoms in total. The number of hydrogen-bond donors (Lipinski definition) is 4. The Hall–Kier alpha value is -1.53. The van der Waals surface area contributed by atoms with Gasteiger partial charge in [0, 0.05) is 22.0 Å². The van der Waals surface area contributed by atoms with E-state index in [1.165, 1.54) is 6.07 Å². The highest BCUT2D eigenvalue weighted by molar-refractivity contribution is 7.80. The smallest absolute Gasteiger partial charge is 0.175 e. The molecule has 116 valence electrons. The van der Waals surface area contributed by atoms with E-state index in [4.69, 9.17) is 35.4 Å². The number of aliphatic hydroxyl groups is 1. The number of anilines is 2. The molecule has 0 spiro atoms. The third-order valence-corrected chi connectivity index (χ3v) is 3.65. The zero-order chi connectivity index (χ0) is 16.3. The molecular formula is C15H14Cl2N2O2S. The van der Waals surface area contributed by atoms with Crippen LogP contribution in [0, 0.1) is 0 Å². The molecule has 0 fully saturated rings. The Labute approximate surface area is 143 Å². The number of phenolic OH excluding ortho intramolecular Hbond substituents is 1. The summed E-state index contributed by atoms with van der Waals surface area (Å²) in [4.78, 5) is 0. The van der Waals surface area contributed by atoms with Gasteiger partial charge in [0.25, 0.3) is 0 Å². The monoisotopic (exact) mass is 356 g/mol. The van der Waals surface area contributed by atoms with E-state index in [2.05, 4.69) is 10.6 Å². The summed E-state index contributed by atoms with van der Waals surface area (Å²) >= 11 is 17.0. The van der Waals surface area contributed by atoms with E-state index in [1.54, 1.807) is 37.3 Å². The molecule has 2 rings (SSSR count). The van der Waals surface area contributed by atoms with Crippen LogP contribution < -0.4 is 10.6 Å². The summed E-state index contributed by atoms with van der Waals surface area (Å²) in [5, 5.41) is 26.5. The first-order chi connectivity index (χ1) is 10.4. The lowest BCUT2D eigenvalue weighted by Crippen LogP contribution is -2.19. The first-order valence-electron chi connectivity index (χ1n) is 6.41. The van der Waals surface area contributed by atoms with Gasteiger partial charge in [-0.2, -0.15) is 0 Å². The molecule has 0 aliphatic heterocycles. The summed E-state index contributed by atoms with van der Waals surface area (Å²) in [5.41, 5.74) is 1.66. The number of hydrogen-bond acceptors (Lipinski definition) is 3. The molecule has 1 unspecified atom stereocenters. The summed E-state index contributed by atoms with van der Waals surface area (Å²) < 4.78 is 0. The number of rotatable bonds is 3. The molecule has 1 atom stereocenters. The maximum Gasteiger partial charge on any atom is 0.175 e. The predicted octanol–water partition coefficient (Wildman–Crippen LogP) is 4.56. The lowest BCUT2D eigenvalue weighted by atomic mass is 10.1. The Balaban J connectivity index is 2.13. The van der Waals surface area contributed by atoms with Crippen LogP contribution in [0.25, 0.3) is 0 Å². The molecule has 0 aliphatic carbocycles. The number of thiocarbonyl (C=S) groups is 1. The molecule has 0 aromatic heterocycles. The van der Waals surface area contributed by atoms with E-state index in [9.17, 15) is 10.2 Å². The second-order valence-corrected chi connectivity index (χ2v) is 5.91. The van der Waals surface area contributed by atoms with Crippen LogP contribution in [0.2, 0.25) is 10.0 Å². The minimum atomic E-state index is -0.850. The van der Waals surface area contributed by atoms with Gasteiger partial charge in [0.2, 0.25) is 0 Å². The van der Waals surface area contributed by atoms with Crippen molar-refractivity contribution in [3.8, 4) is 5.75 Å². The van der Waals surface area contributed by atoms with Crippen LogP contribution in [0.1, 0.15) is 18.6 Å². The van der Waals surface area contributed by atoms with E-state index >= 15 is 0 Å². The van der Waals surface area contributed by atoms with E-state index < -0.39 is 6.10 Å². The van der Waals surface area contributed by atoms with Gasteiger partial charge in [-0.05, 0) is 55.5 Å². The quantitative estimate of drug-likeness (QED) is 0.479. The lowest BCUT2D eigenvalue weighted by molar-refractivity contribution is 0.195. The van der Waals surface area contributed by atoms with Gasteiger partial charge in [-0.3, -0.25) is 0 Å². The molecule has 4 N–H and O–H groups in total. The number of halogens is 2. The third kappa shape index (κ3) is 4.24. The standard InChI is InChI=1S/C15H14Cl2N2O2S/c1-8(20)12-6-11(7-13(17)14(12)21)19-15(22)18-10-4-2-9(16)3-5-10/h2-8,20-21H,1H3,(H2,18,19,22). The topological polar surface area (TPSA) is 64.5 Å². The molecule has 0 amide bonds. The minimum Gasteiger partial charge on any atom is -0.506 e. The predicted molar refractivity (Wildman–Crippen MR) is 95.0 cm³/mol. The molecule has 0 heterocycles. The van der Waals surface area contributed by atoms with Crippen molar-refractivity contribution in [1.29, 1.82) is 0 Å². The van der Waals surface area contributed by atoms with Crippen LogP contribution in [0.5, 0.6) is 5.75 Å². The fourth-order valence-corrected chi connectivity index (χ4v) is 2.43. The molecule has 0 radical (unpaired) electrons. The van der Waals surface area contributed by atoms with Gasteiger partial charge >= 0.3 is 0 Å². The largest absolute Gasteiger partial charge is 0.506 e. The van der Waals surface area contributed by atoms with Gasteiger partial charge in [0.15, 0.2) is 5.11 Å². The van der Waals surface area contributed by atoms with E-state index in [1.807, 2.05) is 0 Å². The van der Waals surface area contributed by atoms with Gasteiger partial charge in [-0.25, -0.2) is 0 Å². The minimum absolute atomic E-state index is 0.134. The van der Waals surface area contributed by atoms with Gasteiger partial charge in [0.1, 0.15) is 5.75 Å². The first-order valence-corrected chi connectivity index (χ1v) is 7.57. The van der Waals surface area contributed by atoms with Crippen molar-refractivity contribution in [1.82, 2.24) is 0 Å². The van der Waals surface area contributed by atoms with Crippen molar-refractivity contribution in [2.75, 3.05) is 10.6 Å². The highest BCUT2D eigenvalue weighted by atomic mass is 35.5. The van der Waals surface area contributed by atoms with Gasteiger partial charge in [-0.15, -0.1) is 0 Å². The van der Waals surface area contributed by atoms with Crippen molar-refractivity contribution < 1.29 is 10.2 Å². The van der Waals surface area contributed by atoms with Gasteiger partial charge in [-0.1, -0.05) is 23.2 Å². The maximum atomic E-state index is 9.81. The van der Waals surface area contributed by atoms with Crippen LogP contribution in [0.15, 0.2) is 36.4 Å². The number of nitrogens with one attached hydrogen (secondary N) is 2. The highest BCUT2D eigenvalue weighted by Crippen LogP contribution is 2.34. The molecule has 0 bridgehead atoms. The Morgan fingerprint density at radius 3 is 2.27 bits per heavy atom. The SMILES string of the molecule is CC(O)c1cc(NC(=S)Nc2ccc(Cl)cc2)cc(Cl)c1O. The summed E-state index contributed by atoms with van der Waals surface area (Å²) in [5.74, 6) is -0.140. The number of phenols is 1. The van der Waals surface area contributed by atoms with Crippen LogP contribution in [-0.2, 0) is 0 Å². The average molecular weight is 357 g/mol. The summed E-state index contributed by atoms with van der Waals surface area (Å²) in [6.07, 6.45) is -0.850. The van der Waals surface area contributed by atoms with Crippen LogP contribution in [0.3, 0.4) is 0 Å². The van der Waals surface area contributed by atoms with E-state index in [0.717, 1.165) is 5.69 Å². The van der Waals surface area contributed by atoms with Crippen LogP contribution >= 0.6 is 35.4 Å². The number of benzene rings is 2. The van der Waals surface area contributed by atoms with Crippen molar-refractivity contribution in [2.45, 2.75) is 13.0 Å². The Bertz CT molecular complexity index is 691. The van der Waals surface area contributed by atoms with Crippen molar-refractivity contribution in [3.05, 3.63) is 52.0 Å². The lowest BCUT2D eigenvalue weighted by Gasteiger charge is -2.14.